The van der Waals surface area contributed by atoms with Crippen LogP contribution in [0.25, 0.3) is 0 Å². The number of rotatable bonds is 8. The molecular formula is C22H28N2O5S. The first kappa shape index (κ1) is 23.6. The smallest absolute Gasteiger partial charge is 0.338 e. The molecule has 2 aromatic carbocycles. The molecule has 7 nitrogen and oxygen atoms in total. The Balaban J connectivity index is 2.12. The van der Waals surface area contributed by atoms with Crippen LogP contribution in [0.1, 0.15) is 40.9 Å². The number of aryl methyl sites for hydroxylation is 3. The van der Waals surface area contributed by atoms with Gasteiger partial charge in [-0.3, -0.25) is 4.79 Å². The second-order valence-corrected chi connectivity index (χ2v) is 8.92. The summed E-state index contributed by atoms with van der Waals surface area (Å²) < 4.78 is 32.1. The normalized spacial score (nSPS) is 11.4. The van der Waals surface area contributed by atoms with Crippen molar-refractivity contribution in [3.05, 3.63) is 58.7 Å². The van der Waals surface area contributed by atoms with E-state index in [4.69, 9.17) is 4.74 Å². The van der Waals surface area contributed by atoms with Gasteiger partial charge in [-0.1, -0.05) is 32.0 Å². The van der Waals surface area contributed by atoms with Crippen molar-refractivity contribution in [3.8, 4) is 0 Å². The van der Waals surface area contributed by atoms with Crippen LogP contribution in [0.4, 0.5) is 5.69 Å². The van der Waals surface area contributed by atoms with E-state index in [1.165, 1.54) is 16.4 Å². The van der Waals surface area contributed by atoms with Gasteiger partial charge in [-0.2, -0.15) is 4.31 Å². The summed E-state index contributed by atoms with van der Waals surface area (Å²) in [4.78, 5) is 24.6. The Bertz CT molecular complexity index is 1040. The molecule has 0 spiro atoms. The van der Waals surface area contributed by atoms with Crippen LogP contribution in [0.3, 0.4) is 0 Å². The van der Waals surface area contributed by atoms with Gasteiger partial charge in [-0.05, 0) is 55.7 Å². The number of sulfonamides is 1. The molecule has 0 aliphatic rings. The van der Waals surface area contributed by atoms with E-state index in [0.717, 1.165) is 11.1 Å². The molecule has 30 heavy (non-hydrogen) atoms. The van der Waals surface area contributed by atoms with Crippen molar-refractivity contribution >= 4 is 27.6 Å². The average Bonchev–Trinajstić information content (AvgIpc) is 2.69. The molecule has 0 unspecified atom stereocenters. The predicted molar refractivity (Wildman–Crippen MR) is 116 cm³/mol. The highest BCUT2D eigenvalue weighted by molar-refractivity contribution is 7.89. The number of nitrogens with one attached hydrogen (secondary N) is 1. The number of benzene rings is 2. The Morgan fingerprint density at radius 2 is 1.60 bits per heavy atom. The molecule has 0 fully saturated rings. The second-order valence-electron chi connectivity index (χ2n) is 7.01. The van der Waals surface area contributed by atoms with Crippen molar-refractivity contribution in [1.29, 1.82) is 0 Å². The summed E-state index contributed by atoms with van der Waals surface area (Å²) in [6.45, 7) is 9.13. The molecular weight excluding hydrogens is 404 g/mol. The summed E-state index contributed by atoms with van der Waals surface area (Å²) in [5.74, 6) is -1.23. The Kier molecular flexibility index (Phi) is 7.75. The second kappa shape index (κ2) is 9.86. The SMILES string of the molecule is CCN(CC)S(=O)(=O)c1cc(C(=O)OCC(=O)Nc2cc(C)ccc2C)ccc1C. The molecule has 0 aromatic heterocycles. The van der Waals surface area contributed by atoms with Crippen LogP contribution >= 0.6 is 0 Å². The molecule has 0 radical (unpaired) electrons. The van der Waals surface area contributed by atoms with Gasteiger partial charge in [0.05, 0.1) is 10.5 Å². The van der Waals surface area contributed by atoms with E-state index >= 15 is 0 Å². The van der Waals surface area contributed by atoms with E-state index in [2.05, 4.69) is 5.32 Å². The number of hydrogen-bond acceptors (Lipinski definition) is 5. The Labute approximate surface area is 178 Å². The zero-order valence-electron chi connectivity index (χ0n) is 18.0. The minimum absolute atomic E-state index is 0.0560. The topological polar surface area (TPSA) is 92.8 Å². The van der Waals surface area contributed by atoms with Crippen LogP contribution in [0.15, 0.2) is 41.3 Å². The highest BCUT2D eigenvalue weighted by atomic mass is 32.2. The zero-order chi connectivity index (χ0) is 22.5. The molecule has 0 atom stereocenters. The monoisotopic (exact) mass is 432 g/mol. The molecule has 1 N–H and O–H groups in total. The van der Waals surface area contributed by atoms with Crippen LogP contribution in [0.5, 0.6) is 0 Å². The molecule has 0 bridgehead atoms. The van der Waals surface area contributed by atoms with E-state index in [1.54, 1.807) is 26.8 Å². The first-order valence-corrected chi connectivity index (χ1v) is 11.2. The first-order chi connectivity index (χ1) is 14.1. The lowest BCUT2D eigenvalue weighted by Gasteiger charge is -2.20. The van der Waals surface area contributed by atoms with Crippen LogP contribution in [0.2, 0.25) is 0 Å². The Hall–Kier alpha value is -2.71. The number of esters is 1. The maximum atomic E-state index is 12.8. The number of anilines is 1. The van der Waals surface area contributed by atoms with Crippen LogP contribution in [-0.4, -0.2) is 44.3 Å². The number of hydrogen-bond donors (Lipinski definition) is 1. The molecule has 2 aromatic rings. The lowest BCUT2D eigenvalue weighted by atomic mass is 10.1. The summed E-state index contributed by atoms with van der Waals surface area (Å²) >= 11 is 0. The fourth-order valence-corrected chi connectivity index (χ4v) is 4.69. The molecule has 0 saturated heterocycles. The van der Waals surface area contributed by atoms with E-state index in [9.17, 15) is 18.0 Å². The average molecular weight is 433 g/mol. The Morgan fingerprint density at radius 3 is 2.23 bits per heavy atom. The highest BCUT2D eigenvalue weighted by Gasteiger charge is 2.25. The largest absolute Gasteiger partial charge is 0.452 e. The zero-order valence-corrected chi connectivity index (χ0v) is 18.8. The third-order valence-corrected chi connectivity index (χ3v) is 6.94. The molecule has 162 valence electrons. The van der Waals surface area contributed by atoms with Crippen molar-refractivity contribution in [3.63, 3.8) is 0 Å². The standard InChI is InChI=1S/C22H28N2O5S/c1-6-24(7-2)30(27,28)20-13-18(11-10-17(20)5)22(26)29-14-21(25)23-19-12-15(3)8-9-16(19)4/h8-13H,6-7,14H2,1-5H3,(H,23,25). The maximum Gasteiger partial charge on any atom is 0.338 e. The predicted octanol–water partition coefficient (Wildman–Crippen LogP) is 3.44. The Morgan fingerprint density at radius 1 is 0.967 bits per heavy atom. The van der Waals surface area contributed by atoms with Gasteiger partial charge in [-0.25, -0.2) is 13.2 Å². The van der Waals surface area contributed by atoms with Crippen LogP contribution in [0, 0.1) is 20.8 Å². The van der Waals surface area contributed by atoms with Gasteiger partial charge in [0.15, 0.2) is 6.61 Å². The van der Waals surface area contributed by atoms with Gasteiger partial charge in [0.2, 0.25) is 10.0 Å². The van der Waals surface area contributed by atoms with Gasteiger partial charge in [-0.15, -0.1) is 0 Å². The van der Waals surface area contributed by atoms with Gasteiger partial charge < -0.3 is 10.1 Å². The van der Waals surface area contributed by atoms with Crippen molar-refractivity contribution in [2.24, 2.45) is 0 Å². The minimum atomic E-state index is -3.72. The third-order valence-electron chi connectivity index (χ3n) is 4.75. The fraction of sp³-hybridized carbons (Fsp3) is 0.364. The van der Waals surface area contributed by atoms with E-state index in [1.807, 2.05) is 32.0 Å². The number of ether oxygens (including phenoxy) is 1. The molecule has 1 amide bonds. The first-order valence-electron chi connectivity index (χ1n) is 9.75. The summed E-state index contributed by atoms with van der Waals surface area (Å²) in [7, 11) is -3.72. The minimum Gasteiger partial charge on any atom is -0.452 e. The summed E-state index contributed by atoms with van der Waals surface area (Å²) in [5, 5.41) is 2.71. The molecule has 0 saturated carbocycles. The van der Waals surface area contributed by atoms with Gasteiger partial charge in [0.25, 0.3) is 5.91 Å². The fourth-order valence-electron chi connectivity index (χ4n) is 2.98. The van der Waals surface area contributed by atoms with Crippen LogP contribution < -0.4 is 5.32 Å². The van der Waals surface area contributed by atoms with E-state index < -0.39 is 28.5 Å². The summed E-state index contributed by atoms with van der Waals surface area (Å²) in [6.07, 6.45) is 0. The lowest BCUT2D eigenvalue weighted by molar-refractivity contribution is -0.119. The summed E-state index contributed by atoms with van der Waals surface area (Å²) in [5.41, 5.74) is 3.15. The van der Waals surface area contributed by atoms with Crippen molar-refractivity contribution in [1.82, 2.24) is 4.31 Å². The highest BCUT2D eigenvalue weighted by Crippen LogP contribution is 2.22. The molecule has 0 heterocycles. The molecule has 2 rings (SSSR count). The third kappa shape index (κ3) is 5.46. The van der Waals surface area contributed by atoms with Crippen LogP contribution in [-0.2, 0) is 19.6 Å². The number of amides is 1. The van der Waals surface area contributed by atoms with E-state index in [0.29, 0.717) is 24.3 Å². The van der Waals surface area contributed by atoms with Gasteiger partial charge >= 0.3 is 5.97 Å². The molecule has 0 aliphatic heterocycles. The van der Waals surface area contributed by atoms with Crippen molar-refractivity contribution in [2.45, 2.75) is 39.5 Å². The van der Waals surface area contributed by atoms with E-state index in [-0.39, 0.29) is 10.5 Å². The summed E-state index contributed by atoms with van der Waals surface area (Å²) in [6, 6.07) is 10.0. The van der Waals surface area contributed by atoms with Gasteiger partial charge in [0, 0.05) is 18.8 Å². The molecule has 8 heteroatoms. The number of carbonyl (C=O) groups is 2. The lowest BCUT2D eigenvalue weighted by Crippen LogP contribution is -2.31. The van der Waals surface area contributed by atoms with Crippen molar-refractivity contribution < 1.29 is 22.7 Å². The molecule has 0 aliphatic carbocycles. The quantitative estimate of drug-likeness (QED) is 0.645. The van der Waals surface area contributed by atoms with Crippen molar-refractivity contribution in [2.75, 3.05) is 25.0 Å². The van der Waals surface area contributed by atoms with Gasteiger partial charge in [0.1, 0.15) is 0 Å². The number of carbonyl (C=O) groups excluding carboxylic acids is 2. The number of nitrogens with zero attached hydrogens (tertiary/aromatic N) is 1. The maximum absolute atomic E-state index is 12.8.